The van der Waals surface area contributed by atoms with Crippen LogP contribution in [-0.2, 0) is 0 Å². The summed E-state index contributed by atoms with van der Waals surface area (Å²) in [6, 6.07) is 6.75. The van der Waals surface area contributed by atoms with Crippen molar-refractivity contribution in [1.29, 1.82) is 5.26 Å². The molecule has 0 fully saturated rings. The lowest BCUT2D eigenvalue weighted by molar-refractivity contribution is -0.119. The first-order chi connectivity index (χ1) is 8.37. The summed E-state index contributed by atoms with van der Waals surface area (Å²) in [6.07, 6.45) is -3.59. The molecule has 0 aliphatic heterocycles. The first-order valence-corrected chi connectivity index (χ1v) is 5.70. The van der Waals surface area contributed by atoms with E-state index in [1.54, 1.807) is 25.1 Å². The fourth-order valence-corrected chi connectivity index (χ4v) is 1.76. The van der Waals surface area contributed by atoms with Crippen molar-refractivity contribution in [3.8, 4) is 6.07 Å². The Morgan fingerprint density at radius 3 is 2.44 bits per heavy atom. The van der Waals surface area contributed by atoms with Crippen molar-refractivity contribution in [2.75, 3.05) is 18.0 Å². The second kappa shape index (κ2) is 5.76. The number of benzene rings is 1. The van der Waals surface area contributed by atoms with E-state index in [0.717, 1.165) is 0 Å². The molecule has 0 radical (unpaired) electrons. The number of hydrogen-bond acceptors (Lipinski definition) is 2. The summed E-state index contributed by atoms with van der Waals surface area (Å²) in [5.41, 5.74) is 1.69. The maximum absolute atomic E-state index is 12.5. The molecule has 0 saturated heterocycles. The van der Waals surface area contributed by atoms with Crippen LogP contribution in [0, 0.1) is 18.3 Å². The average molecular weight is 256 g/mol. The van der Waals surface area contributed by atoms with Crippen LogP contribution in [-0.4, -0.2) is 19.3 Å². The third-order valence-electron chi connectivity index (χ3n) is 2.56. The van der Waals surface area contributed by atoms with E-state index in [4.69, 9.17) is 5.26 Å². The summed E-state index contributed by atoms with van der Waals surface area (Å²) in [5, 5.41) is 8.79. The predicted molar refractivity (Wildman–Crippen MR) is 64.5 cm³/mol. The number of rotatable bonds is 4. The molecule has 2 nitrogen and oxygen atoms in total. The van der Waals surface area contributed by atoms with Crippen LogP contribution in [0.25, 0.3) is 0 Å². The topological polar surface area (TPSA) is 27.0 Å². The summed E-state index contributed by atoms with van der Waals surface area (Å²) in [6.45, 7) is 2.93. The zero-order valence-electron chi connectivity index (χ0n) is 10.4. The Bertz CT molecular complexity index is 447. The molecule has 0 amide bonds. The Labute approximate surface area is 105 Å². The third kappa shape index (κ3) is 3.95. The Hall–Kier alpha value is -1.70. The molecule has 1 aromatic carbocycles. The molecule has 0 bridgehead atoms. The Morgan fingerprint density at radius 1 is 1.33 bits per heavy atom. The van der Waals surface area contributed by atoms with Crippen LogP contribution in [0.15, 0.2) is 18.2 Å². The van der Waals surface area contributed by atoms with Crippen molar-refractivity contribution < 1.29 is 13.2 Å². The van der Waals surface area contributed by atoms with Gasteiger partial charge in [0.25, 0.3) is 0 Å². The van der Waals surface area contributed by atoms with Crippen LogP contribution < -0.4 is 4.90 Å². The van der Waals surface area contributed by atoms with E-state index in [2.05, 4.69) is 0 Å². The Balaban J connectivity index is 2.99. The van der Waals surface area contributed by atoms with Gasteiger partial charge in [-0.15, -0.1) is 0 Å². The monoisotopic (exact) mass is 256 g/mol. The van der Waals surface area contributed by atoms with Gasteiger partial charge in [-0.1, -0.05) is 6.92 Å². The molecule has 0 spiro atoms. The standard InChI is InChI=1S/C13H15F3N2/c1-3-6-18(9-13(14,15)16)12-5-4-11(8-17)10(2)7-12/h4-5,7H,3,6,9H2,1-2H3. The van der Waals surface area contributed by atoms with Gasteiger partial charge in [-0.05, 0) is 37.1 Å². The summed E-state index contributed by atoms with van der Waals surface area (Å²) >= 11 is 0. The SMILES string of the molecule is CCCN(CC(F)(F)F)c1ccc(C#N)c(C)c1. The van der Waals surface area contributed by atoms with Crippen molar-refractivity contribution in [1.82, 2.24) is 0 Å². The van der Waals surface area contributed by atoms with E-state index in [9.17, 15) is 13.2 Å². The lowest BCUT2D eigenvalue weighted by atomic mass is 10.1. The molecular weight excluding hydrogens is 241 g/mol. The maximum Gasteiger partial charge on any atom is 0.405 e. The van der Waals surface area contributed by atoms with Gasteiger partial charge < -0.3 is 4.90 Å². The largest absolute Gasteiger partial charge is 0.405 e. The molecule has 0 aliphatic carbocycles. The highest BCUT2D eigenvalue weighted by atomic mass is 19.4. The minimum absolute atomic E-state index is 0.338. The molecule has 18 heavy (non-hydrogen) atoms. The molecule has 0 N–H and O–H groups in total. The Morgan fingerprint density at radius 2 is 2.00 bits per heavy atom. The number of anilines is 1. The van der Waals surface area contributed by atoms with E-state index < -0.39 is 12.7 Å². The van der Waals surface area contributed by atoms with Crippen molar-refractivity contribution in [3.63, 3.8) is 0 Å². The molecule has 0 atom stereocenters. The lowest BCUT2D eigenvalue weighted by Gasteiger charge is -2.26. The number of nitrogens with zero attached hydrogens (tertiary/aromatic N) is 2. The number of alkyl halides is 3. The molecule has 0 saturated carbocycles. The molecule has 98 valence electrons. The van der Waals surface area contributed by atoms with E-state index >= 15 is 0 Å². The first kappa shape index (κ1) is 14.4. The summed E-state index contributed by atoms with van der Waals surface area (Å²) < 4.78 is 37.4. The Kier molecular flexibility index (Phi) is 4.60. The van der Waals surface area contributed by atoms with Crippen LogP contribution in [0.3, 0.4) is 0 Å². The average Bonchev–Trinajstić information content (AvgIpc) is 2.26. The van der Waals surface area contributed by atoms with Crippen LogP contribution in [0.4, 0.5) is 18.9 Å². The minimum Gasteiger partial charge on any atom is -0.363 e. The highest BCUT2D eigenvalue weighted by Gasteiger charge is 2.30. The first-order valence-electron chi connectivity index (χ1n) is 5.70. The predicted octanol–water partition coefficient (Wildman–Crippen LogP) is 3.65. The van der Waals surface area contributed by atoms with Crippen LogP contribution >= 0.6 is 0 Å². The highest BCUT2D eigenvalue weighted by Crippen LogP contribution is 2.24. The van der Waals surface area contributed by atoms with Gasteiger partial charge in [-0.3, -0.25) is 0 Å². The molecule has 0 aromatic heterocycles. The van der Waals surface area contributed by atoms with Gasteiger partial charge in [-0.25, -0.2) is 0 Å². The van der Waals surface area contributed by atoms with Crippen molar-refractivity contribution in [2.45, 2.75) is 26.4 Å². The van der Waals surface area contributed by atoms with Gasteiger partial charge in [0.05, 0.1) is 11.6 Å². The number of aryl methyl sites for hydroxylation is 1. The number of hydrogen-bond donors (Lipinski definition) is 0. The fourth-order valence-electron chi connectivity index (χ4n) is 1.76. The smallest absolute Gasteiger partial charge is 0.363 e. The normalized spacial score (nSPS) is 11.1. The van der Waals surface area contributed by atoms with Crippen LogP contribution in [0.1, 0.15) is 24.5 Å². The van der Waals surface area contributed by atoms with Gasteiger partial charge in [0.15, 0.2) is 0 Å². The zero-order chi connectivity index (χ0) is 13.8. The summed E-state index contributed by atoms with van der Waals surface area (Å²) in [4.78, 5) is 1.29. The number of halogens is 3. The second-order valence-corrected chi connectivity index (χ2v) is 4.15. The third-order valence-corrected chi connectivity index (χ3v) is 2.56. The molecule has 0 unspecified atom stereocenters. The molecule has 1 aromatic rings. The molecular formula is C13H15F3N2. The number of nitriles is 1. The summed E-state index contributed by atoms with van der Waals surface area (Å²) in [5.74, 6) is 0. The second-order valence-electron chi connectivity index (χ2n) is 4.15. The van der Waals surface area contributed by atoms with Crippen molar-refractivity contribution >= 4 is 5.69 Å². The minimum atomic E-state index is -4.23. The van der Waals surface area contributed by atoms with E-state index in [1.165, 1.54) is 4.90 Å². The van der Waals surface area contributed by atoms with Gasteiger partial charge in [0, 0.05) is 12.2 Å². The highest BCUT2D eigenvalue weighted by molar-refractivity contribution is 5.53. The summed E-state index contributed by atoms with van der Waals surface area (Å²) in [7, 11) is 0. The fraction of sp³-hybridized carbons (Fsp3) is 0.462. The van der Waals surface area contributed by atoms with Crippen molar-refractivity contribution in [3.05, 3.63) is 29.3 Å². The van der Waals surface area contributed by atoms with Crippen LogP contribution in [0.2, 0.25) is 0 Å². The van der Waals surface area contributed by atoms with Crippen molar-refractivity contribution in [2.24, 2.45) is 0 Å². The molecule has 5 heteroatoms. The van der Waals surface area contributed by atoms with Crippen LogP contribution in [0.5, 0.6) is 0 Å². The van der Waals surface area contributed by atoms with Gasteiger partial charge >= 0.3 is 6.18 Å². The molecule has 0 aliphatic rings. The quantitative estimate of drug-likeness (QED) is 0.822. The maximum atomic E-state index is 12.5. The van der Waals surface area contributed by atoms with Gasteiger partial charge in [-0.2, -0.15) is 18.4 Å². The van der Waals surface area contributed by atoms with E-state index in [1.807, 2.05) is 13.0 Å². The molecule has 0 heterocycles. The van der Waals surface area contributed by atoms with E-state index in [0.29, 0.717) is 29.8 Å². The van der Waals surface area contributed by atoms with E-state index in [-0.39, 0.29) is 0 Å². The van der Waals surface area contributed by atoms with Gasteiger partial charge in [0.2, 0.25) is 0 Å². The molecule has 1 rings (SSSR count). The zero-order valence-corrected chi connectivity index (χ0v) is 10.4. The lowest BCUT2D eigenvalue weighted by Crippen LogP contribution is -2.34. The van der Waals surface area contributed by atoms with Gasteiger partial charge in [0.1, 0.15) is 6.54 Å².